The van der Waals surface area contributed by atoms with Crippen LogP contribution in [0.25, 0.3) is 11.3 Å². The molecule has 2 aromatic carbocycles. The molecule has 0 radical (unpaired) electrons. The van der Waals surface area contributed by atoms with Gasteiger partial charge >= 0.3 is 0 Å². The van der Waals surface area contributed by atoms with Crippen molar-refractivity contribution in [3.63, 3.8) is 0 Å². The van der Waals surface area contributed by atoms with Crippen molar-refractivity contribution in [1.29, 1.82) is 0 Å². The van der Waals surface area contributed by atoms with Crippen LogP contribution < -0.4 is 0 Å². The summed E-state index contributed by atoms with van der Waals surface area (Å²) < 4.78 is 32.5. The zero-order chi connectivity index (χ0) is 21.8. The van der Waals surface area contributed by atoms with E-state index in [1.54, 1.807) is 0 Å². The van der Waals surface area contributed by atoms with E-state index in [-0.39, 0.29) is 23.7 Å². The van der Waals surface area contributed by atoms with Crippen molar-refractivity contribution in [2.75, 3.05) is 26.2 Å². The molecule has 1 aliphatic heterocycles. The minimum Gasteiger partial charge on any atom is -0.441 e. The SMILES string of the molecule is O=C(CCc1ncc(-c2ccc(F)cc2F)o1)N1CCN(Cc2cccc(Cl)c2)CC1. The lowest BCUT2D eigenvalue weighted by atomic mass is 10.2. The molecule has 4 rings (SSSR count). The molecule has 0 unspecified atom stereocenters. The van der Waals surface area contributed by atoms with Crippen molar-refractivity contribution in [2.24, 2.45) is 0 Å². The third-order valence-corrected chi connectivity index (χ3v) is 5.56. The standard InChI is InChI=1S/C23H22ClF2N3O2/c24-17-3-1-2-16(12-17)15-28-8-10-29(11-9-28)23(30)7-6-22-27-14-21(31-22)19-5-4-18(25)13-20(19)26/h1-5,12-14H,6-11,15H2. The van der Waals surface area contributed by atoms with Gasteiger partial charge in [-0.2, -0.15) is 0 Å². The Morgan fingerprint density at radius 1 is 1.10 bits per heavy atom. The number of rotatable bonds is 6. The maximum atomic E-state index is 13.9. The molecule has 0 spiro atoms. The van der Waals surface area contributed by atoms with E-state index in [4.69, 9.17) is 16.0 Å². The summed E-state index contributed by atoms with van der Waals surface area (Å²) in [6.45, 7) is 3.73. The summed E-state index contributed by atoms with van der Waals surface area (Å²) in [6.07, 6.45) is 1.98. The van der Waals surface area contributed by atoms with Crippen LogP contribution in [0.3, 0.4) is 0 Å². The van der Waals surface area contributed by atoms with Gasteiger partial charge in [0.05, 0.1) is 11.8 Å². The van der Waals surface area contributed by atoms with E-state index < -0.39 is 11.6 Å². The summed E-state index contributed by atoms with van der Waals surface area (Å²) in [5.74, 6) is -0.759. The van der Waals surface area contributed by atoms with Crippen LogP contribution in [0.1, 0.15) is 17.9 Å². The second-order valence-corrected chi connectivity index (χ2v) is 7.97. The number of halogens is 3. The zero-order valence-electron chi connectivity index (χ0n) is 16.9. The van der Waals surface area contributed by atoms with Gasteiger partial charge in [-0.15, -0.1) is 0 Å². The molecule has 31 heavy (non-hydrogen) atoms. The van der Waals surface area contributed by atoms with E-state index in [1.165, 1.54) is 12.3 Å². The van der Waals surface area contributed by atoms with E-state index >= 15 is 0 Å². The second-order valence-electron chi connectivity index (χ2n) is 7.53. The van der Waals surface area contributed by atoms with Crippen LogP contribution >= 0.6 is 11.6 Å². The first kappa shape index (κ1) is 21.5. The highest BCUT2D eigenvalue weighted by Crippen LogP contribution is 2.24. The van der Waals surface area contributed by atoms with Crippen LogP contribution in [0.2, 0.25) is 5.02 Å². The van der Waals surface area contributed by atoms with Gasteiger partial charge in [0.15, 0.2) is 11.7 Å². The fourth-order valence-corrected chi connectivity index (χ4v) is 3.87. The monoisotopic (exact) mass is 445 g/mol. The van der Waals surface area contributed by atoms with Gasteiger partial charge in [-0.25, -0.2) is 13.8 Å². The van der Waals surface area contributed by atoms with Crippen molar-refractivity contribution in [3.05, 3.63) is 76.8 Å². The molecule has 0 atom stereocenters. The summed E-state index contributed by atoms with van der Waals surface area (Å²) in [7, 11) is 0. The Balaban J connectivity index is 1.26. The van der Waals surface area contributed by atoms with Gasteiger partial charge in [-0.05, 0) is 29.8 Å². The number of aryl methyl sites for hydroxylation is 1. The number of carbonyl (C=O) groups is 1. The van der Waals surface area contributed by atoms with Crippen molar-refractivity contribution >= 4 is 17.5 Å². The average Bonchev–Trinajstić information content (AvgIpc) is 3.21. The number of hydrogen-bond acceptors (Lipinski definition) is 4. The number of nitrogens with zero attached hydrogens (tertiary/aromatic N) is 3. The number of benzene rings is 2. The summed E-state index contributed by atoms with van der Waals surface area (Å²) >= 11 is 6.05. The number of hydrogen-bond donors (Lipinski definition) is 0. The summed E-state index contributed by atoms with van der Waals surface area (Å²) in [5.41, 5.74) is 1.30. The molecule has 1 fully saturated rings. The van der Waals surface area contributed by atoms with Gasteiger partial charge in [-0.1, -0.05) is 23.7 Å². The Labute approximate surface area is 184 Å². The average molecular weight is 446 g/mol. The molecular formula is C23H22ClF2N3O2. The number of carbonyl (C=O) groups excluding carboxylic acids is 1. The number of aromatic nitrogens is 1. The fourth-order valence-electron chi connectivity index (χ4n) is 3.66. The third-order valence-electron chi connectivity index (χ3n) is 5.32. The fraction of sp³-hybridized carbons (Fsp3) is 0.304. The van der Waals surface area contributed by atoms with E-state index in [9.17, 15) is 13.6 Å². The Morgan fingerprint density at radius 3 is 2.65 bits per heavy atom. The highest BCUT2D eigenvalue weighted by atomic mass is 35.5. The molecule has 2 heterocycles. The predicted molar refractivity (Wildman–Crippen MR) is 113 cm³/mol. The number of amides is 1. The summed E-state index contributed by atoms with van der Waals surface area (Å²) in [4.78, 5) is 20.8. The lowest BCUT2D eigenvalue weighted by Gasteiger charge is -2.34. The lowest BCUT2D eigenvalue weighted by Crippen LogP contribution is -2.48. The van der Waals surface area contributed by atoms with Crippen molar-refractivity contribution in [1.82, 2.24) is 14.8 Å². The first-order valence-corrected chi connectivity index (χ1v) is 10.5. The molecule has 1 aromatic heterocycles. The van der Waals surface area contributed by atoms with Crippen LogP contribution in [0, 0.1) is 11.6 Å². The largest absolute Gasteiger partial charge is 0.441 e. The molecule has 162 valence electrons. The van der Waals surface area contributed by atoms with Crippen molar-refractivity contribution in [3.8, 4) is 11.3 Å². The summed E-state index contributed by atoms with van der Waals surface area (Å²) in [5, 5.41) is 0.725. The zero-order valence-corrected chi connectivity index (χ0v) is 17.6. The first-order valence-electron chi connectivity index (χ1n) is 10.1. The van der Waals surface area contributed by atoms with Gasteiger partial charge in [0.1, 0.15) is 11.6 Å². The molecule has 0 aliphatic carbocycles. The van der Waals surface area contributed by atoms with E-state index in [1.807, 2.05) is 29.2 Å². The molecule has 5 nitrogen and oxygen atoms in total. The Morgan fingerprint density at radius 2 is 1.90 bits per heavy atom. The smallest absolute Gasteiger partial charge is 0.223 e. The van der Waals surface area contributed by atoms with Gasteiger partial charge in [0.25, 0.3) is 0 Å². The Hall–Kier alpha value is -2.77. The first-order chi connectivity index (χ1) is 15.0. The molecule has 1 aliphatic rings. The predicted octanol–water partition coefficient (Wildman–Crippen LogP) is 4.55. The Bertz CT molecular complexity index is 1060. The molecular weight excluding hydrogens is 424 g/mol. The van der Waals surface area contributed by atoms with E-state index in [0.29, 0.717) is 25.4 Å². The number of piperazine rings is 1. The van der Waals surface area contributed by atoms with Crippen LogP contribution in [0.5, 0.6) is 0 Å². The normalized spacial score (nSPS) is 14.7. The molecule has 1 saturated heterocycles. The van der Waals surface area contributed by atoms with Gasteiger partial charge in [0.2, 0.25) is 5.91 Å². The quantitative estimate of drug-likeness (QED) is 0.558. The number of oxazole rings is 1. The third kappa shape index (κ3) is 5.48. The summed E-state index contributed by atoms with van der Waals surface area (Å²) in [6, 6.07) is 11.1. The molecule has 1 amide bonds. The van der Waals surface area contributed by atoms with Crippen LogP contribution in [0.4, 0.5) is 8.78 Å². The molecule has 0 bridgehead atoms. The van der Waals surface area contributed by atoms with Gasteiger partial charge in [-0.3, -0.25) is 9.69 Å². The minimum absolute atomic E-state index is 0.0371. The second kappa shape index (κ2) is 9.58. The molecule has 8 heteroatoms. The lowest BCUT2D eigenvalue weighted by molar-refractivity contribution is -0.133. The highest BCUT2D eigenvalue weighted by Gasteiger charge is 2.22. The topological polar surface area (TPSA) is 49.6 Å². The van der Waals surface area contributed by atoms with Gasteiger partial charge in [0, 0.05) is 56.7 Å². The minimum atomic E-state index is -0.713. The highest BCUT2D eigenvalue weighted by molar-refractivity contribution is 6.30. The molecule has 3 aromatic rings. The maximum Gasteiger partial charge on any atom is 0.223 e. The van der Waals surface area contributed by atoms with E-state index in [0.717, 1.165) is 42.4 Å². The van der Waals surface area contributed by atoms with Crippen LogP contribution in [-0.4, -0.2) is 46.9 Å². The van der Waals surface area contributed by atoms with Crippen LogP contribution in [-0.2, 0) is 17.8 Å². The van der Waals surface area contributed by atoms with Gasteiger partial charge < -0.3 is 9.32 Å². The molecule has 0 saturated carbocycles. The maximum absolute atomic E-state index is 13.9. The van der Waals surface area contributed by atoms with Crippen molar-refractivity contribution in [2.45, 2.75) is 19.4 Å². The van der Waals surface area contributed by atoms with Crippen molar-refractivity contribution < 1.29 is 18.0 Å². The van der Waals surface area contributed by atoms with Crippen LogP contribution in [0.15, 0.2) is 53.1 Å². The van der Waals surface area contributed by atoms with E-state index in [2.05, 4.69) is 9.88 Å². The Kier molecular flexibility index (Phi) is 6.63. The molecule has 0 N–H and O–H groups in total.